The van der Waals surface area contributed by atoms with E-state index in [1.807, 2.05) is 26.0 Å². The van der Waals surface area contributed by atoms with Crippen molar-refractivity contribution in [3.8, 4) is 11.5 Å². The zero-order valence-electron chi connectivity index (χ0n) is 12.4. The molecule has 116 valence electrons. The van der Waals surface area contributed by atoms with Gasteiger partial charge in [-0.1, -0.05) is 13.8 Å². The molecular formula is C15H20BrNO4. The van der Waals surface area contributed by atoms with Crippen LogP contribution in [0.4, 0.5) is 0 Å². The number of carbonyl (C=O) groups is 1. The zero-order valence-corrected chi connectivity index (χ0v) is 14.0. The van der Waals surface area contributed by atoms with Crippen molar-refractivity contribution in [2.24, 2.45) is 5.92 Å². The van der Waals surface area contributed by atoms with Crippen LogP contribution in [0.2, 0.25) is 0 Å². The Morgan fingerprint density at radius 2 is 2.10 bits per heavy atom. The van der Waals surface area contributed by atoms with Crippen LogP contribution in [-0.2, 0) is 16.1 Å². The number of fused-ring (bicyclic) bond motifs is 1. The van der Waals surface area contributed by atoms with Crippen LogP contribution in [0, 0.1) is 5.92 Å². The lowest BCUT2D eigenvalue weighted by molar-refractivity contribution is -0.144. The van der Waals surface area contributed by atoms with E-state index in [1.54, 1.807) is 0 Å². The molecule has 0 bridgehead atoms. The number of benzene rings is 1. The van der Waals surface area contributed by atoms with Gasteiger partial charge in [0.05, 0.1) is 11.6 Å². The summed E-state index contributed by atoms with van der Waals surface area (Å²) in [5, 5.41) is 3.23. The molecule has 0 saturated carbocycles. The lowest BCUT2D eigenvalue weighted by Gasteiger charge is -2.22. The van der Waals surface area contributed by atoms with Crippen molar-refractivity contribution in [2.75, 3.05) is 20.3 Å². The van der Waals surface area contributed by atoms with Crippen molar-refractivity contribution in [1.82, 2.24) is 5.32 Å². The summed E-state index contributed by atoms with van der Waals surface area (Å²) in [6.07, 6.45) is 0. The van der Waals surface area contributed by atoms with Gasteiger partial charge in [-0.2, -0.15) is 0 Å². The van der Waals surface area contributed by atoms with Crippen LogP contribution in [-0.4, -0.2) is 32.3 Å². The molecule has 0 unspecified atom stereocenters. The molecule has 1 atom stereocenters. The molecule has 0 spiro atoms. The lowest BCUT2D eigenvalue weighted by Crippen LogP contribution is -2.41. The van der Waals surface area contributed by atoms with Crippen LogP contribution in [0.3, 0.4) is 0 Å². The smallest absolute Gasteiger partial charge is 0.323 e. The highest BCUT2D eigenvalue weighted by atomic mass is 79.9. The van der Waals surface area contributed by atoms with Gasteiger partial charge in [0, 0.05) is 6.54 Å². The fraction of sp³-hybridized carbons (Fsp3) is 0.533. The van der Waals surface area contributed by atoms with E-state index in [2.05, 4.69) is 21.2 Å². The van der Waals surface area contributed by atoms with Crippen LogP contribution >= 0.6 is 15.9 Å². The second kappa shape index (κ2) is 7.13. The average Bonchev–Trinajstić information content (AvgIpc) is 2.47. The van der Waals surface area contributed by atoms with Gasteiger partial charge in [-0.15, -0.1) is 0 Å². The van der Waals surface area contributed by atoms with Crippen LogP contribution in [0.5, 0.6) is 11.5 Å². The standard InChI is InChI=1S/C15H20BrNO4/c1-9(2)13(15(18)19-3)17-8-10-6-11(16)14-12(7-10)20-4-5-21-14/h6-7,9,13,17H,4-5,8H2,1-3H3/t13-/m0/s1. The Morgan fingerprint density at radius 3 is 2.76 bits per heavy atom. The molecule has 1 heterocycles. The number of nitrogens with one attached hydrogen (secondary N) is 1. The van der Waals surface area contributed by atoms with Crippen LogP contribution < -0.4 is 14.8 Å². The molecule has 0 radical (unpaired) electrons. The number of esters is 1. The van der Waals surface area contributed by atoms with E-state index in [0.29, 0.717) is 19.8 Å². The molecule has 2 rings (SSSR count). The maximum atomic E-state index is 11.7. The largest absolute Gasteiger partial charge is 0.486 e. The summed E-state index contributed by atoms with van der Waals surface area (Å²) >= 11 is 3.49. The average molecular weight is 358 g/mol. The maximum absolute atomic E-state index is 11.7. The summed E-state index contributed by atoms with van der Waals surface area (Å²) < 4.78 is 16.8. The Bertz CT molecular complexity index is 519. The molecule has 1 aromatic carbocycles. The fourth-order valence-corrected chi connectivity index (χ4v) is 2.82. The van der Waals surface area contributed by atoms with E-state index in [9.17, 15) is 4.79 Å². The van der Waals surface area contributed by atoms with Gasteiger partial charge < -0.3 is 19.5 Å². The molecule has 1 aromatic rings. The van der Waals surface area contributed by atoms with Crippen molar-refractivity contribution < 1.29 is 19.0 Å². The molecule has 0 aromatic heterocycles. The topological polar surface area (TPSA) is 56.8 Å². The minimum atomic E-state index is -0.332. The van der Waals surface area contributed by atoms with Gasteiger partial charge in [0.25, 0.3) is 0 Å². The lowest BCUT2D eigenvalue weighted by atomic mass is 10.0. The Balaban J connectivity index is 2.09. The summed E-state index contributed by atoms with van der Waals surface area (Å²) in [6.45, 7) is 5.61. The predicted octanol–water partition coefficient (Wildman–Crippen LogP) is 2.51. The van der Waals surface area contributed by atoms with Crippen molar-refractivity contribution in [2.45, 2.75) is 26.4 Å². The third-order valence-electron chi connectivity index (χ3n) is 3.30. The zero-order chi connectivity index (χ0) is 15.4. The molecule has 6 heteroatoms. The first-order valence-electron chi connectivity index (χ1n) is 6.92. The first-order valence-corrected chi connectivity index (χ1v) is 7.71. The molecule has 1 aliphatic heterocycles. The van der Waals surface area contributed by atoms with E-state index in [-0.39, 0.29) is 17.9 Å². The number of halogens is 1. The van der Waals surface area contributed by atoms with E-state index in [1.165, 1.54) is 7.11 Å². The summed E-state index contributed by atoms with van der Waals surface area (Å²) in [6, 6.07) is 3.57. The molecule has 1 N–H and O–H groups in total. The summed E-state index contributed by atoms with van der Waals surface area (Å²) in [5.41, 5.74) is 1.01. The van der Waals surface area contributed by atoms with E-state index < -0.39 is 0 Å². The number of hydrogen-bond donors (Lipinski definition) is 1. The monoisotopic (exact) mass is 357 g/mol. The molecular weight excluding hydrogens is 338 g/mol. The van der Waals surface area contributed by atoms with Gasteiger partial charge in [0.15, 0.2) is 11.5 Å². The SMILES string of the molecule is COC(=O)[C@@H](NCc1cc(Br)c2c(c1)OCCO2)C(C)C. The third-order valence-corrected chi connectivity index (χ3v) is 3.89. The van der Waals surface area contributed by atoms with Gasteiger partial charge in [-0.25, -0.2) is 0 Å². The maximum Gasteiger partial charge on any atom is 0.323 e. The Hall–Kier alpha value is -1.27. The van der Waals surface area contributed by atoms with Crippen molar-refractivity contribution in [1.29, 1.82) is 0 Å². The van der Waals surface area contributed by atoms with Crippen molar-refractivity contribution in [3.05, 3.63) is 22.2 Å². The van der Waals surface area contributed by atoms with Crippen molar-refractivity contribution in [3.63, 3.8) is 0 Å². The number of rotatable bonds is 5. The summed E-state index contributed by atoms with van der Waals surface area (Å²) in [4.78, 5) is 11.7. The second-order valence-electron chi connectivity index (χ2n) is 5.23. The molecule has 0 saturated heterocycles. The molecule has 5 nitrogen and oxygen atoms in total. The Labute approximate surface area is 133 Å². The van der Waals surface area contributed by atoms with Gasteiger partial charge in [0.2, 0.25) is 0 Å². The van der Waals surface area contributed by atoms with Gasteiger partial charge in [0.1, 0.15) is 19.3 Å². The van der Waals surface area contributed by atoms with Gasteiger partial charge >= 0.3 is 5.97 Å². The second-order valence-corrected chi connectivity index (χ2v) is 6.08. The molecule has 1 aliphatic rings. The van der Waals surface area contributed by atoms with E-state index in [0.717, 1.165) is 21.5 Å². The molecule has 21 heavy (non-hydrogen) atoms. The summed E-state index contributed by atoms with van der Waals surface area (Å²) in [5.74, 6) is 1.37. The number of ether oxygens (including phenoxy) is 3. The fourth-order valence-electron chi connectivity index (χ4n) is 2.21. The third kappa shape index (κ3) is 3.89. The van der Waals surface area contributed by atoms with Crippen LogP contribution in [0.1, 0.15) is 19.4 Å². The van der Waals surface area contributed by atoms with E-state index >= 15 is 0 Å². The summed E-state index contributed by atoms with van der Waals surface area (Å²) in [7, 11) is 1.40. The minimum absolute atomic E-state index is 0.151. The number of carbonyl (C=O) groups excluding carboxylic acids is 1. The van der Waals surface area contributed by atoms with E-state index in [4.69, 9.17) is 14.2 Å². The highest BCUT2D eigenvalue weighted by Gasteiger charge is 2.23. The first-order chi connectivity index (χ1) is 10.0. The molecule has 0 amide bonds. The number of hydrogen-bond acceptors (Lipinski definition) is 5. The Kier molecular flexibility index (Phi) is 5.47. The quantitative estimate of drug-likeness (QED) is 0.820. The van der Waals surface area contributed by atoms with Gasteiger partial charge in [-0.05, 0) is 39.5 Å². The number of methoxy groups -OCH3 is 1. The normalized spacial score (nSPS) is 14.9. The molecule has 0 fully saturated rings. The highest BCUT2D eigenvalue weighted by Crippen LogP contribution is 2.38. The highest BCUT2D eigenvalue weighted by molar-refractivity contribution is 9.10. The van der Waals surface area contributed by atoms with Crippen LogP contribution in [0.15, 0.2) is 16.6 Å². The Morgan fingerprint density at radius 1 is 1.38 bits per heavy atom. The first kappa shape index (κ1) is 16.1. The molecule has 0 aliphatic carbocycles. The van der Waals surface area contributed by atoms with Gasteiger partial charge in [-0.3, -0.25) is 4.79 Å². The van der Waals surface area contributed by atoms with Crippen LogP contribution in [0.25, 0.3) is 0 Å². The van der Waals surface area contributed by atoms with Crippen molar-refractivity contribution >= 4 is 21.9 Å². The minimum Gasteiger partial charge on any atom is -0.486 e. The predicted molar refractivity (Wildman–Crippen MR) is 82.6 cm³/mol.